The summed E-state index contributed by atoms with van der Waals surface area (Å²) in [5.41, 5.74) is 0.681. The van der Waals surface area contributed by atoms with Crippen LogP contribution in [0, 0.1) is 19.8 Å². The van der Waals surface area contributed by atoms with Crippen molar-refractivity contribution < 1.29 is 9.21 Å². The molecule has 1 amide bonds. The second-order valence-corrected chi connectivity index (χ2v) is 5.17. The minimum Gasteiger partial charge on any atom is -0.466 e. The van der Waals surface area contributed by atoms with Crippen LogP contribution in [0.5, 0.6) is 0 Å². The van der Waals surface area contributed by atoms with Crippen molar-refractivity contribution in [3.63, 3.8) is 0 Å². The molecule has 3 heteroatoms. The lowest BCUT2D eigenvalue weighted by molar-refractivity contribution is 0.0909. The molecule has 1 aliphatic rings. The van der Waals surface area contributed by atoms with Crippen molar-refractivity contribution in [1.82, 2.24) is 5.32 Å². The minimum absolute atomic E-state index is 0.0121. The number of furan rings is 1. The maximum Gasteiger partial charge on any atom is 0.255 e. The van der Waals surface area contributed by atoms with Gasteiger partial charge in [-0.2, -0.15) is 0 Å². The first kappa shape index (κ1) is 12.2. The summed E-state index contributed by atoms with van der Waals surface area (Å²) in [4.78, 5) is 12.1. The first-order chi connectivity index (χ1) is 8.08. The van der Waals surface area contributed by atoms with Gasteiger partial charge in [-0.15, -0.1) is 0 Å². The topological polar surface area (TPSA) is 42.2 Å². The van der Waals surface area contributed by atoms with Crippen molar-refractivity contribution in [2.24, 2.45) is 5.92 Å². The fourth-order valence-electron chi connectivity index (χ4n) is 2.63. The molecule has 0 bridgehead atoms. The number of nitrogens with one attached hydrogen (secondary N) is 1. The Hall–Kier alpha value is -1.25. The smallest absolute Gasteiger partial charge is 0.255 e. The van der Waals surface area contributed by atoms with Gasteiger partial charge in [-0.1, -0.05) is 19.8 Å². The van der Waals surface area contributed by atoms with Crippen LogP contribution in [0.25, 0.3) is 0 Å². The molecule has 2 atom stereocenters. The normalized spacial score (nSPS) is 24.6. The lowest BCUT2D eigenvalue weighted by atomic mass is 9.86. The number of hydrogen-bond acceptors (Lipinski definition) is 2. The van der Waals surface area contributed by atoms with E-state index in [0.717, 1.165) is 12.2 Å². The summed E-state index contributed by atoms with van der Waals surface area (Å²) in [5.74, 6) is 2.10. The van der Waals surface area contributed by atoms with E-state index in [9.17, 15) is 4.79 Å². The Balaban J connectivity index is 2.03. The van der Waals surface area contributed by atoms with Crippen molar-refractivity contribution >= 4 is 5.91 Å². The molecule has 1 N–H and O–H groups in total. The van der Waals surface area contributed by atoms with Gasteiger partial charge >= 0.3 is 0 Å². The van der Waals surface area contributed by atoms with Crippen LogP contribution >= 0.6 is 0 Å². The maximum atomic E-state index is 12.1. The van der Waals surface area contributed by atoms with E-state index in [1.165, 1.54) is 19.3 Å². The average Bonchev–Trinajstić information content (AvgIpc) is 2.61. The summed E-state index contributed by atoms with van der Waals surface area (Å²) in [6.45, 7) is 5.93. The molecule has 1 aromatic rings. The van der Waals surface area contributed by atoms with Crippen LogP contribution < -0.4 is 5.32 Å². The molecule has 0 aromatic carbocycles. The molecule has 0 unspecified atom stereocenters. The average molecular weight is 235 g/mol. The number of rotatable bonds is 2. The van der Waals surface area contributed by atoms with Gasteiger partial charge in [0, 0.05) is 6.04 Å². The summed E-state index contributed by atoms with van der Waals surface area (Å²) in [5, 5.41) is 3.14. The Bertz CT molecular complexity index is 408. The fourth-order valence-corrected chi connectivity index (χ4v) is 2.63. The van der Waals surface area contributed by atoms with Gasteiger partial charge in [0.15, 0.2) is 0 Å². The van der Waals surface area contributed by atoms with E-state index in [1.807, 2.05) is 19.9 Å². The number of carbonyl (C=O) groups is 1. The van der Waals surface area contributed by atoms with Crippen molar-refractivity contribution in [2.75, 3.05) is 0 Å². The predicted molar refractivity (Wildman–Crippen MR) is 67.1 cm³/mol. The first-order valence-electron chi connectivity index (χ1n) is 6.46. The lowest BCUT2D eigenvalue weighted by Gasteiger charge is -2.29. The van der Waals surface area contributed by atoms with E-state index >= 15 is 0 Å². The van der Waals surface area contributed by atoms with E-state index in [0.29, 0.717) is 23.3 Å². The fraction of sp³-hybridized carbons (Fsp3) is 0.643. The zero-order valence-corrected chi connectivity index (χ0v) is 10.9. The second-order valence-electron chi connectivity index (χ2n) is 5.17. The standard InChI is InChI=1S/C14H21NO2/c1-9-6-4-5-7-13(9)15-14(16)12-8-10(2)17-11(12)3/h8-9,13H,4-7H2,1-3H3,(H,15,16)/t9-,13+/m1/s1. The van der Waals surface area contributed by atoms with Gasteiger partial charge in [0.25, 0.3) is 5.91 Å². The Kier molecular flexibility index (Phi) is 3.55. The molecule has 1 saturated carbocycles. The largest absolute Gasteiger partial charge is 0.466 e. The molecule has 94 valence electrons. The maximum absolute atomic E-state index is 12.1. The van der Waals surface area contributed by atoms with Crippen molar-refractivity contribution in [3.05, 3.63) is 23.2 Å². The molecule has 17 heavy (non-hydrogen) atoms. The van der Waals surface area contributed by atoms with E-state index in [-0.39, 0.29) is 5.91 Å². The molecule has 1 heterocycles. The highest BCUT2D eigenvalue weighted by molar-refractivity contribution is 5.95. The van der Waals surface area contributed by atoms with Crippen LogP contribution in [-0.4, -0.2) is 11.9 Å². The molecular formula is C14H21NO2. The molecule has 0 spiro atoms. The molecule has 1 aromatic heterocycles. The molecule has 2 rings (SSSR count). The van der Waals surface area contributed by atoms with E-state index in [2.05, 4.69) is 12.2 Å². The third kappa shape index (κ3) is 2.71. The van der Waals surface area contributed by atoms with Crippen LogP contribution in [0.1, 0.15) is 54.5 Å². The van der Waals surface area contributed by atoms with Gasteiger partial charge < -0.3 is 9.73 Å². The lowest BCUT2D eigenvalue weighted by Crippen LogP contribution is -2.41. The van der Waals surface area contributed by atoms with Crippen LogP contribution in [0.15, 0.2) is 10.5 Å². The third-order valence-corrected chi connectivity index (χ3v) is 3.71. The monoisotopic (exact) mass is 235 g/mol. The number of aryl methyl sites for hydroxylation is 2. The number of carbonyl (C=O) groups excluding carboxylic acids is 1. The van der Waals surface area contributed by atoms with Gasteiger partial charge in [-0.25, -0.2) is 0 Å². The van der Waals surface area contributed by atoms with E-state index < -0.39 is 0 Å². The summed E-state index contributed by atoms with van der Waals surface area (Å²) in [7, 11) is 0. The predicted octanol–water partition coefficient (Wildman–Crippen LogP) is 3.20. The molecule has 0 aliphatic heterocycles. The van der Waals surface area contributed by atoms with E-state index in [1.54, 1.807) is 0 Å². The molecule has 3 nitrogen and oxygen atoms in total. The van der Waals surface area contributed by atoms with Gasteiger partial charge in [0.1, 0.15) is 11.5 Å². The van der Waals surface area contributed by atoms with Crippen molar-refractivity contribution in [2.45, 2.75) is 52.5 Å². The quantitative estimate of drug-likeness (QED) is 0.855. The van der Waals surface area contributed by atoms with Crippen LogP contribution in [-0.2, 0) is 0 Å². The highest BCUT2D eigenvalue weighted by Gasteiger charge is 2.24. The summed E-state index contributed by atoms with van der Waals surface area (Å²) in [6, 6.07) is 2.14. The molecule has 1 fully saturated rings. The zero-order chi connectivity index (χ0) is 12.4. The van der Waals surface area contributed by atoms with Crippen LogP contribution in [0.2, 0.25) is 0 Å². The third-order valence-electron chi connectivity index (χ3n) is 3.71. The van der Waals surface area contributed by atoms with Crippen LogP contribution in [0.4, 0.5) is 0 Å². The van der Waals surface area contributed by atoms with Gasteiger partial charge in [0.05, 0.1) is 5.56 Å². The summed E-state index contributed by atoms with van der Waals surface area (Å²) >= 11 is 0. The van der Waals surface area contributed by atoms with Crippen molar-refractivity contribution in [1.29, 1.82) is 0 Å². The van der Waals surface area contributed by atoms with Gasteiger partial charge in [-0.3, -0.25) is 4.79 Å². The zero-order valence-electron chi connectivity index (χ0n) is 10.9. The molecule has 0 saturated heterocycles. The number of hydrogen-bond donors (Lipinski definition) is 1. The SMILES string of the molecule is Cc1cc(C(=O)N[C@H]2CCCC[C@H]2C)c(C)o1. The molecular weight excluding hydrogens is 214 g/mol. The Morgan fingerprint density at radius 2 is 2.06 bits per heavy atom. The van der Waals surface area contributed by atoms with Gasteiger partial charge in [0.2, 0.25) is 0 Å². The summed E-state index contributed by atoms with van der Waals surface area (Å²) < 4.78 is 5.39. The first-order valence-corrected chi connectivity index (χ1v) is 6.46. The highest BCUT2D eigenvalue weighted by atomic mass is 16.3. The minimum atomic E-state index is 0.0121. The molecule has 0 radical (unpaired) electrons. The van der Waals surface area contributed by atoms with Gasteiger partial charge in [-0.05, 0) is 38.7 Å². The highest BCUT2D eigenvalue weighted by Crippen LogP contribution is 2.24. The number of amides is 1. The Morgan fingerprint density at radius 3 is 2.65 bits per heavy atom. The summed E-state index contributed by atoms with van der Waals surface area (Å²) in [6.07, 6.45) is 4.83. The molecule has 1 aliphatic carbocycles. The second kappa shape index (κ2) is 4.94. The Morgan fingerprint density at radius 1 is 1.35 bits per heavy atom. The van der Waals surface area contributed by atoms with Crippen LogP contribution in [0.3, 0.4) is 0 Å². The van der Waals surface area contributed by atoms with Crippen molar-refractivity contribution in [3.8, 4) is 0 Å². The van der Waals surface area contributed by atoms with E-state index in [4.69, 9.17) is 4.42 Å². The Labute approximate surface area is 103 Å².